The molecule has 1 aromatic rings. The van der Waals surface area contributed by atoms with Crippen LogP contribution in [0.15, 0.2) is 12.1 Å². The first-order chi connectivity index (χ1) is 12.0. The molecule has 1 heterocycles. The third-order valence-electron chi connectivity index (χ3n) is 3.59. The summed E-state index contributed by atoms with van der Waals surface area (Å²) in [5.74, 6) is 0.0664. The number of amides is 3. The van der Waals surface area contributed by atoms with Crippen molar-refractivity contribution in [2.75, 3.05) is 41.0 Å². The molecule has 2 rings (SSSR count). The quantitative estimate of drug-likeness (QED) is 0.706. The van der Waals surface area contributed by atoms with Gasteiger partial charge in [0.15, 0.2) is 18.1 Å². The second-order valence-electron chi connectivity index (χ2n) is 5.15. The summed E-state index contributed by atoms with van der Waals surface area (Å²) in [7, 11) is 4.42. The fourth-order valence-electron chi connectivity index (χ4n) is 2.38. The summed E-state index contributed by atoms with van der Waals surface area (Å²) in [4.78, 5) is 36.2. The Kier molecular flexibility index (Phi) is 6.04. The van der Waals surface area contributed by atoms with Crippen molar-refractivity contribution >= 4 is 17.9 Å². The fraction of sp³-hybridized carbons (Fsp3) is 0.438. The van der Waals surface area contributed by atoms with Gasteiger partial charge in [-0.2, -0.15) is 0 Å². The van der Waals surface area contributed by atoms with E-state index in [2.05, 4.69) is 5.32 Å². The summed E-state index contributed by atoms with van der Waals surface area (Å²) >= 11 is 0. The summed E-state index contributed by atoms with van der Waals surface area (Å²) < 4.78 is 20.6. The number of nitrogens with zero attached hydrogens (tertiary/aromatic N) is 1. The van der Waals surface area contributed by atoms with Gasteiger partial charge in [0.2, 0.25) is 5.75 Å². The molecule has 0 saturated carbocycles. The van der Waals surface area contributed by atoms with Crippen molar-refractivity contribution in [3.8, 4) is 17.2 Å². The average molecular weight is 352 g/mol. The third kappa shape index (κ3) is 4.31. The number of carbonyl (C=O) groups is 3. The topological polar surface area (TPSA) is 103 Å². The van der Waals surface area contributed by atoms with Gasteiger partial charge in [-0.05, 0) is 17.7 Å². The fourth-order valence-corrected chi connectivity index (χ4v) is 2.38. The molecule has 1 N–H and O–H groups in total. The van der Waals surface area contributed by atoms with E-state index in [1.54, 1.807) is 12.1 Å². The van der Waals surface area contributed by atoms with E-state index >= 15 is 0 Å². The Bertz CT molecular complexity index is 649. The standard InChI is InChI=1S/C16H20N2O7/c1-22-11-6-10(7-12(23-2)15(11)24-3)8-14(20)25-9-13(19)18-5-4-17-16(18)21/h6-7H,4-5,8-9H2,1-3H3,(H,17,21). The van der Waals surface area contributed by atoms with E-state index < -0.39 is 24.5 Å². The van der Waals surface area contributed by atoms with Gasteiger partial charge in [0.25, 0.3) is 5.91 Å². The lowest BCUT2D eigenvalue weighted by Crippen LogP contribution is -2.37. The summed E-state index contributed by atoms with van der Waals surface area (Å²) in [5, 5.41) is 2.50. The van der Waals surface area contributed by atoms with E-state index in [9.17, 15) is 14.4 Å². The number of hydrogen-bond acceptors (Lipinski definition) is 7. The highest BCUT2D eigenvalue weighted by Gasteiger charge is 2.26. The highest BCUT2D eigenvalue weighted by atomic mass is 16.5. The SMILES string of the molecule is COc1cc(CC(=O)OCC(=O)N2CCNC2=O)cc(OC)c1OC. The van der Waals surface area contributed by atoms with Crippen LogP contribution in [0, 0.1) is 0 Å². The van der Waals surface area contributed by atoms with Crippen molar-refractivity contribution in [1.29, 1.82) is 0 Å². The van der Waals surface area contributed by atoms with Gasteiger partial charge < -0.3 is 24.3 Å². The van der Waals surface area contributed by atoms with E-state index in [0.29, 0.717) is 29.4 Å². The summed E-state index contributed by atoms with van der Waals surface area (Å²) in [6.45, 7) is 0.169. The first-order valence-electron chi connectivity index (χ1n) is 7.52. The molecule has 0 unspecified atom stereocenters. The predicted octanol–water partition coefficient (Wildman–Crippen LogP) is 0.350. The lowest BCUT2D eigenvalue weighted by molar-refractivity contribution is -0.150. The number of benzene rings is 1. The van der Waals surface area contributed by atoms with Gasteiger partial charge in [-0.25, -0.2) is 4.79 Å². The smallest absolute Gasteiger partial charge is 0.324 e. The summed E-state index contributed by atoms with van der Waals surface area (Å²) in [6, 6.07) is 2.77. The summed E-state index contributed by atoms with van der Waals surface area (Å²) in [6.07, 6.45) is -0.0871. The lowest BCUT2D eigenvalue weighted by Gasteiger charge is -2.14. The largest absolute Gasteiger partial charge is 0.493 e. The Morgan fingerprint density at radius 3 is 2.24 bits per heavy atom. The zero-order valence-electron chi connectivity index (χ0n) is 14.3. The molecule has 1 aliphatic rings. The highest BCUT2D eigenvalue weighted by molar-refractivity contribution is 5.97. The van der Waals surface area contributed by atoms with E-state index in [0.717, 1.165) is 4.90 Å². The normalized spacial score (nSPS) is 13.2. The zero-order valence-corrected chi connectivity index (χ0v) is 14.3. The van der Waals surface area contributed by atoms with Crippen LogP contribution in [-0.2, 0) is 20.7 Å². The van der Waals surface area contributed by atoms with Gasteiger partial charge in [-0.1, -0.05) is 0 Å². The highest BCUT2D eigenvalue weighted by Crippen LogP contribution is 2.38. The van der Waals surface area contributed by atoms with Crippen LogP contribution >= 0.6 is 0 Å². The molecule has 0 spiro atoms. The minimum Gasteiger partial charge on any atom is -0.493 e. The molecule has 1 aliphatic heterocycles. The molecule has 25 heavy (non-hydrogen) atoms. The van der Waals surface area contributed by atoms with E-state index in [1.807, 2.05) is 0 Å². The molecule has 0 atom stereocenters. The molecule has 1 saturated heterocycles. The molecule has 0 bridgehead atoms. The van der Waals surface area contributed by atoms with Crippen molar-refractivity contribution < 1.29 is 33.3 Å². The number of methoxy groups -OCH3 is 3. The minimum atomic E-state index is -0.609. The Labute approximate surface area is 144 Å². The number of rotatable bonds is 7. The van der Waals surface area contributed by atoms with Crippen molar-refractivity contribution in [1.82, 2.24) is 10.2 Å². The molecule has 0 radical (unpaired) electrons. The number of imide groups is 1. The maximum absolute atomic E-state index is 12.0. The van der Waals surface area contributed by atoms with Crippen LogP contribution in [0.3, 0.4) is 0 Å². The van der Waals surface area contributed by atoms with Crippen LogP contribution in [0.25, 0.3) is 0 Å². The second kappa shape index (κ2) is 8.22. The predicted molar refractivity (Wildman–Crippen MR) is 85.9 cm³/mol. The first kappa shape index (κ1) is 18.4. The third-order valence-corrected chi connectivity index (χ3v) is 3.59. The Morgan fingerprint density at radius 2 is 1.76 bits per heavy atom. The number of hydrogen-bond donors (Lipinski definition) is 1. The van der Waals surface area contributed by atoms with Crippen LogP contribution in [0.4, 0.5) is 4.79 Å². The van der Waals surface area contributed by atoms with E-state index in [4.69, 9.17) is 18.9 Å². The molecular formula is C16H20N2O7. The minimum absolute atomic E-state index is 0.0871. The Morgan fingerprint density at radius 1 is 1.12 bits per heavy atom. The molecule has 0 aliphatic carbocycles. The number of nitrogens with one attached hydrogen (secondary N) is 1. The second-order valence-corrected chi connectivity index (χ2v) is 5.15. The molecule has 1 fully saturated rings. The van der Waals surface area contributed by atoms with Crippen LogP contribution < -0.4 is 19.5 Å². The maximum Gasteiger partial charge on any atom is 0.324 e. The number of carbonyl (C=O) groups excluding carboxylic acids is 3. The average Bonchev–Trinajstić information content (AvgIpc) is 3.04. The van der Waals surface area contributed by atoms with Gasteiger partial charge in [-0.15, -0.1) is 0 Å². The van der Waals surface area contributed by atoms with Gasteiger partial charge in [0, 0.05) is 13.1 Å². The van der Waals surface area contributed by atoms with Gasteiger partial charge in [0.1, 0.15) is 0 Å². The van der Waals surface area contributed by atoms with Crippen molar-refractivity contribution in [3.63, 3.8) is 0 Å². The monoisotopic (exact) mass is 352 g/mol. The maximum atomic E-state index is 12.0. The van der Waals surface area contributed by atoms with Gasteiger partial charge >= 0.3 is 12.0 Å². The molecule has 0 aromatic heterocycles. The molecule has 9 heteroatoms. The number of urea groups is 1. The summed E-state index contributed by atoms with van der Waals surface area (Å²) in [5.41, 5.74) is 0.575. The first-order valence-corrected chi connectivity index (χ1v) is 7.52. The lowest BCUT2D eigenvalue weighted by atomic mass is 10.1. The van der Waals surface area contributed by atoms with E-state index in [1.165, 1.54) is 21.3 Å². The number of ether oxygens (including phenoxy) is 4. The van der Waals surface area contributed by atoms with Crippen LogP contribution in [-0.4, -0.2) is 63.8 Å². The van der Waals surface area contributed by atoms with E-state index in [-0.39, 0.29) is 13.0 Å². The zero-order chi connectivity index (χ0) is 18.4. The van der Waals surface area contributed by atoms with Crippen LogP contribution in [0.2, 0.25) is 0 Å². The van der Waals surface area contributed by atoms with Crippen LogP contribution in [0.5, 0.6) is 17.2 Å². The van der Waals surface area contributed by atoms with Gasteiger partial charge in [-0.3, -0.25) is 14.5 Å². The Balaban J connectivity index is 1.98. The molecule has 136 valence electrons. The van der Waals surface area contributed by atoms with Crippen molar-refractivity contribution in [3.05, 3.63) is 17.7 Å². The van der Waals surface area contributed by atoms with Crippen molar-refractivity contribution in [2.45, 2.75) is 6.42 Å². The molecule has 9 nitrogen and oxygen atoms in total. The molecular weight excluding hydrogens is 332 g/mol. The van der Waals surface area contributed by atoms with Crippen LogP contribution in [0.1, 0.15) is 5.56 Å². The van der Waals surface area contributed by atoms with Crippen molar-refractivity contribution in [2.24, 2.45) is 0 Å². The molecule has 1 aromatic carbocycles. The van der Waals surface area contributed by atoms with Gasteiger partial charge in [0.05, 0.1) is 27.8 Å². The Hall–Kier alpha value is -2.97. The molecule has 3 amide bonds. The number of esters is 1.